The summed E-state index contributed by atoms with van der Waals surface area (Å²) in [5, 5.41) is 14.3. The fourth-order valence-corrected chi connectivity index (χ4v) is 9.84. The van der Waals surface area contributed by atoms with Gasteiger partial charge in [0.15, 0.2) is 0 Å². The molecule has 0 radical (unpaired) electrons. The molecule has 0 saturated carbocycles. The van der Waals surface area contributed by atoms with Crippen molar-refractivity contribution in [1.82, 2.24) is 48.8 Å². The Morgan fingerprint density at radius 3 is 1.40 bits per heavy atom. The maximum Gasteiger partial charge on any atom is 0.274 e. The fourth-order valence-electron chi connectivity index (χ4n) is 9.84. The average Bonchev–Trinajstić information content (AvgIpc) is 3.95. The maximum atomic E-state index is 11.3. The number of aromatic nitrogens is 8. The predicted octanol–water partition coefficient (Wildman–Crippen LogP) is 5.69. The topological polar surface area (TPSA) is 178 Å². The highest BCUT2D eigenvalue weighted by molar-refractivity contribution is 5.86. The maximum absolute atomic E-state index is 11.3. The van der Waals surface area contributed by atoms with E-state index in [1.807, 2.05) is 19.3 Å². The van der Waals surface area contributed by atoms with Gasteiger partial charge < -0.3 is 44.6 Å². The van der Waals surface area contributed by atoms with Crippen LogP contribution >= 0.6 is 37.2 Å². The first-order valence-corrected chi connectivity index (χ1v) is 22.3. The molecule has 0 bridgehead atoms. The summed E-state index contributed by atoms with van der Waals surface area (Å²) >= 11 is 0. The van der Waals surface area contributed by atoms with Gasteiger partial charge in [0.2, 0.25) is 11.9 Å². The molecular formula is C47H63Cl3N12O3. The second-order valence-corrected chi connectivity index (χ2v) is 16.7. The van der Waals surface area contributed by atoms with Crippen molar-refractivity contribution in [1.29, 1.82) is 0 Å². The lowest BCUT2D eigenvalue weighted by atomic mass is 9.70. The molecule has 0 unspecified atom stereocenters. The first-order chi connectivity index (χ1) is 30.4. The SMILES string of the molecule is CCCO.Cl.Cl.Cl.O=c1cc[nH]c(NCCN2CCC3(CC2)c2ccccc2CCn2ccnc23)n1.O=c1cc[nH]c(NCCN2CCC3(CC2)c2ccccc2CCn2ccnc23)n1. The Kier molecular flexibility index (Phi) is 18.8. The van der Waals surface area contributed by atoms with Gasteiger partial charge in [0.1, 0.15) is 11.6 Å². The second-order valence-electron chi connectivity index (χ2n) is 16.7. The summed E-state index contributed by atoms with van der Waals surface area (Å²) < 4.78 is 4.71. The molecule has 2 saturated heterocycles. The van der Waals surface area contributed by atoms with Crippen LogP contribution in [0.25, 0.3) is 0 Å². The van der Waals surface area contributed by atoms with Gasteiger partial charge in [-0.15, -0.1) is 37.2 Å². The molecule has 18 heteroatoms. The third kappa shape index (κ3) is 11.7. The number of aromatic amines is 2. The smallest absolute Gasteiger partial charge is 0.274 e. The molecule has 5 N–H and O–H groups in total. The van der Waals surface area contributed by atoms with Gasteiger partial charge in [-0.2, -0.15) is 9.97 Å². The van der Waals surface area contributed by atoms with Gasteiger partial charge in [0.05, 0.1) is 10.8 Å². The van der Waals surface area contributed by atoms with Crippen molar-refractivity contribution in [2.45, 2.75) is 75.8 Å². The first-order valence-electron chi connectivity index (χ1n) is 22.3. The molecule has 350 valence electrons. The summed E-state index contributed by atoms with van der Waals surface area (Å²) in [5.41, 5.74) is 5.42. The minimum absolute atomic E-state index is 0. The van der Waals surface area contributed by atoms with E-state index in [1.54, 1.807) is 12.4 Å². The van der Waals surface area contributed by atoms with E-state index in [0.717, 1.165) is 110 Å². The number of halogens is 3. The van der Waals surface area contributed by atoms with Crippen LogP contribution in [0.4, 0.5) is 11.9 Å². The average molecular weight is 950 g/mol. The number of nitrogens with zero attached hydrogens (tertiary/aromatic N) is 8. The molecule has 0 atom stereocenters. The van der Waals surface area contributed by atoms with Gasteiger partial charge in [0, 0.05) is 95.2 Å². The van der Waals surface area contributed by atoms with E-state index in [-0.39, 0.29) is 59.2 Å². The number of rotatable bonds is 9. The Labute approximate surface area is 399 Å². The number of piperidine rings is 2. The van der Waals surface area contributed by atoms with Gasteiger partial charge in [-0.3, -0.25) is 9.59 Å². The highest BCUT2D eigenvalue weighted by Gasteiger charge is 2.44. The van der Waals surface area contributed by atoms with Crippen LogP contribution < -0.4 is 21.8 Å². The lowest BCUT2D eigenvalue weighted by Gasteiger charge is -2.42. The molecule has 4 aliphatic rings. The second kappa shape index (κ2) is 23.9. The summed E-state index contributed by atoms with van der Waals surface area (Å²) in [4.78, 5) is 51.1. The molecule has 2 fully saturated rings. The zero-order valence-corrected chi connectivity index (χ0v) is 39.5. The van der Waals surface area contributed by atoms with Crippen LogP contribution in [0.15, 0.2) is 107 Å². The molecule has 2 aromatic carbocycles. The number of aliphatic hydroxyl groups is 1. The van der Waals surface area contributed by atoms with E-state index in [9.17, 15) is 9.59 Å². The highest BCUT2D eigenvalue weighted by Crippen LogP contribution is 2.45. The van der Waals surface area contributed by atoms with Crippen LogP contribution in [0.3, 0.4) is 0 Å². The number of aryl methyl sites for hydroxylation is 4. The van der Waals surface area contributed by atoms with Crippen LogP contribution in [-0.2, 0) is 36.8 Å². The van der Waals surface area contributed by atoms with Gasteiger partial charge in [0.25, 0.3) is 11.1 Å². The summed E-state index contributed by atoms with van der Waals surface area (Å²) in [6, 6.07) is 20.7. The number of H-pyrrole nitrogens is 2. The molecule has 2 spiro atoms. The minimum Gasteiger partial charge on any atom is -0.396 e. The third-order valence-electron chi connectivity index (χ3n) is 13.0. The summed E-state index contributed by atoms with van der Waals surface area (Å²) in [5.74, 6) is 3.52. The Bertz CT molecular complexity index is 2320. The van der Waals surface area contributed by atoms with Crippen LogP contribution in [-0.4, -0.2) is 113 Å². The van der Waals surface area contributed by atoms with Crippen LogP contribution in [0.2, 0.25) is 0 Å². The molecule has 10 rings (SSSR count). The fraction of sp³-hybridized carbons (Fsp3) is 0.447. The largest absolute Gasteiger partial charge is 0.396 e. The molecule has 4 aliphatic heterocycles. The van der Waals surface area contributed by atoms with Crippen molar-refractivity contribution in [3.05, 3.63) is 152 Å². The van der Waals surface area contributed by atoms with Crippen LogP contribution in [0.1, 0.15) is 72.9 Å². The number of imidazole rings is 2. The summed E-state index contributed by atoms with van der Waals surface area (Å²) in [6.07, 6.45) is 18.7. The quantitative estimate of drug-likeness (QED) is 0.120. The van der Waals surface area contributed by atoms with E-state index in [4.69, 9.17) is 15.1 Å². The van der Waals surface area contributed by atoms with Gasteiger partial charge in [-0.25, -0.2) is 9.97 Å². The summed E-state index contributed by atoms with van der Waals surface area (Å²) in [6.45, 7) is 11.7. The number of nitrogens with one attached hydrogen (secondary N) is 4. The van der Waals surface area contributed by atoms with Gasteiger partial charge in [-0.1, -0.05) is 55.5 Å². The van der Waals surface area contributed by atoms with Crippen molar-refractivity contribution in [2.75, 3.05) is 69.6 Å². The number of anilines is 2. The van der Waals surface area contributed by atoms with Crippen molar-refractivity contribution >= 4 is 49.1 Å². The van der Waals surface area contributed by atoms with E-state index in [0.29, 0.717) is 18.5 Å². The minimum atomic E-state index is -0.228. The number of fused-ring (bicyclic) bond motifs is 8. The van der Waals surface area contributed by atoms with E-state index in [1.165, 1.54) is 46.0 Å². The Balaban J connectivity index is 0.000000216. The van der Waals surface area contributed by atoms with E-state index >= 15 is 0 Å². The molecule has 0 amide bonds. The van der Waals surface area contributed by atoms with Crippen molar-refractivity contribution < 1.29 is 5.11 Å². The van der Waals surface area contributed by atoms with Gasteiger partial charge >= 0.3 is 0 Å². The zero-order chi connectivity index (χ0) is 42.8. The molecule has 4 aromatic heterocycles. The third-order valence-corrected chi connectivity index (χ3v) is 13.0. The molecule has 0 aliphatic carbocycles. The molecule has 6 aromatic rings. The van der Waals surface area contributed by atoms with Crippen LogP contribution in [0.5, 0.6) is 0 Å². The molecular weight excluding hydrogens is 887 g/mol. The summed E-state index contributed by atoms with van der Waals surface area (Å²) in [7, 11) is 0. The molecule has 65 heavy (non-hydrogen) atoms. The Hall–Kier alpha value is -5.03. The zero-order valence-electron chi connectivity index (χ0n) is 37.0. The van der Waals surface area contributed by atoms with Crippen molar-refractivity contribution in [2.24, 2.45) is 0 Å². The predicted molar refractivity (Wildman–Crippen MR) is 263 cm³/mol. The number of aliphatic hydroxyl groups excluding tert-OH is 1. The molecule has 15 nitrogen and oxygen atoms in total. The molecule has 8 heterocycles. The monoisotopic (exact) mass is 948 g/mol. The number of hydrogen-bond acceptors (Lipinski definition) is 11. The first kappa shape index (κ1) is 51.0. The number of likely N-dealkylation sites (tertiary alicyclic amines) is 2. The lowest BCUT2D eigenvalue weighted by Crippen LogP contribution is -2.45. The van der Waals surface area contributed by atoms with E-state index < -0.39 is 0 Å². The van der Waals surface area contributed by atoms with Crippen molar-refractivity contribution in [3.8, 4) is 0 Å². The van der Waals surface area contributed by atoms with Gasteiger partial charge in [-0.05, 0) is 93.4 Å². The Morgan fingerprint density at radius 2 is 1.02 bits per heavy atom. The normalized spacial score (nSPS) is 16.6. The van der Waals surface area contributed by atoms with E-state index in [2.05, 4.69) is 110 Å². The van der Waals surface area contributed by atoms with Crippen LogP contribution in [0, 0.1) is 0 Å². The Morgan fingerprint density at radius 1 is 0.615 bits per heavy atom. The highest BCUT2D eigenvalue weighted by atomic mass is 35.5. The number of benzene rings is 2. The lowest BCUT2D eigenvalue weighted by molar-refractivity contribution is 0.178. The number of hydrogen-bond donors (Lipinski definition) is 5. The standard InChI is InChI=1S/2C22H26N6O.C3H8O.3ClH/c2*29-19-5-9-24-21(26-19)25-10-15-27-13-7-22(8-14-27)18-4-2-1-3-17(18)6-12-28-16-11-23-20(22)28;1-2-3-4;;;/h2*1-5,9,11,16H,6-8,10,12-15H2,(H2,24,25,26,29);4H,2-3H2,1H3;3*1H. The van der Waals surface area contributed by atoms with Crippen molar-refractivity contribution in [3.63, 3.8) is 0 Å².